The van der Waals surface area contributed by atoms with Gasteiger partial charge >= 0.3 is 12.1 Å². The van der Waals surface area contributed by atoms with Gasteiger partial charge in [0.1, 0.15) is 5.82 Å². The summed E-state index contributed by atoms with van der Waals surface area (Å²) in [5.41, 5.74) is 5.92. The number of rotatable bonds is 7. The van der Waals surface area contributed by atoms with Gasteiger partial charge in [-0.05, 0) is 48.2 Å². The van der Waals surface area contributed by atoms with Crippen molar-refractivity contribution in [2.75, 3.05) is 0 Å². The molecule has 0 amide bonds. The third-order valence-corrected chi connectivity index (χ3v) is 4.29. The van der Waals surface area contributed by atoms with Crippen molar-refractivity contribution in [3.05, 3.63) is 71.0 Å². The minimum Gasteiger partial charge on any atom is -0.481 e. The first-order chi connectivity index (χ1) is 12.6. The third kappa shape index (κ3) is 5.77. The summed E-state index contributed by atoms with van der Waals surface area (Å²) >= 11 is 0. The maximum Gasteiger partial charge on any atom is 0.416 e. The summed E-state index contributed by atoms with van der Waals surface area (Å²) in [6, 6.07) is 8.40. The van der Waals surface area contributed by atoms with Crippen LogP contribution < -0.4 is 5.73 Å². The third-order valence-electron chi connectivity index (χ3n) is 4.29. The van der Waals surface area contributed by atoms with E-state index in [1.807, 2.05) is 0 Å². The Morgan fingerprint density at radius 2 is 1.59 bits per heavy atom. The molecule has 8 heteroatoms. The van der Waals surface area contributed by atoms with Crippen molar-refractivity contribution in [2.24, 2.45) is 5.73 Å². The predicted octanol–water partition coefficient (Wildman–Crippen LogP) is 3.33. The maximum atomic E-state index is 13.0. The fraction of sp³-hybridized carbons (Fsp3) is 0.316. The molecular formula is C19H19F4NO3. The van der Waals surface area contributed by atoms with Gasteiger partial charge < -0.3 is 15.9 Å². The molecule has 0 saturated carbocycles. The van der Waals surface area contributed by atoms with Crippen LogP contribution in [0.1, 0.15) is 29.0 Å². The van der Waals surface area contributed by atoms with Crippen molar-refractivity contribution >= 4 is 5.97 Å². The first-order valence-electron chi connectivity index (χ1n) is 8.16. The standard InChI is InChI=1S/C19H19F4NO3/c20-14-7-3-12(4-8-14)15(18(26)27)10-17(25)16(24)9-11-1-5-13(6-2-11)19(21,22)23/h1-8,15-17,25H,9-10,24H2,(H,26,27). The SMILES string of the molecule is NC(Cc1ccc(C(F)(F)F)cc1)C(O)CC(C(=O)O)c1ccc(F)cc1. The van der Waals surface area contributed by atoms with Crippen molar-refractivity contribution in [1.82, 2.24) is 0 Å². The van der Waals surface area contributed by atoms with Gasteiger partial charge in [-0.2, -0.15) is 13.2 Å². The summed E-state index contributed by atoms with van der Waals surface area (Å²) in [5.74, 6) is -2.79. The number of aliphatic carboxylic acids is 1. The Bertz CT molecular complexity index is 760. The Balaban J connectivity index is 2.03. The number of benzene rings is 2. The molecule has 4 nitrogen and oxygen atoms in total. The van der Waals surface area contributed by atoms with Gasteiger partial charge in [-0.25, -0.2) is 4.39 Å². The molecule has 0 heterocycles. The summed E-state index contributed by atoms with van der Waals surface area (Å²) in [6.45, 7) is 0. The summed E-state index contributed by atoms with van der Waals surface area (Å²) in [4.78, 5) is 11.5. The molecule has 0 aliphatic rings. The van der Waals surface area contributed by atoms with E-state index in [4.69, 9.17) is 5.73 Å². The molecule has 4 N–H and O–H groups in total. The van der Waals surface area contributed by atoms with Crippen LogP contribution in [0.3, 0.4) is 0 Å². The minimum absolute atomic E-state index is 0.0784. The van der Waals surface area contributed by atoms with E-state index in [0.29, 0.717) is 11.1 Å². The first kappa shape index (κ1) is 20.9. The second-order valence-corrected chi connectivity index (χ2v) is 6.31. The van der Waals surface area contributed by atoms with Crippen LogP contribution in [0.2, 0.25) is 0 Å². The zero-order valence-electron chi connectivity index (χ0n) is 14.2. The van der Waals surface area contributed by atoms with E-state index in [1.165, 1.54) is 24.3 Å². The van der Waals surface area contributed by atoms with Crippen LogP contribution in [-0.2, 0) is 17.4 Å². The molecule has 3 unspecified atom stereocenters. The highest BCUT2D eigenvalue weighted by Gasteiger charge is 2.30. The van der Waals surface area contributed by atoms with Gasteiger partial charge in [-0.15, -0.1) is 0 Å². The Labute approximate surface area is 153 Å². The zero-order chi connectivity index (χ0) is 20.2. The van der Waals surface area contributed by atoms with Crippen LogP contribution in [0.15, 0.2) is 48.5 Å². The molecule has 27 heavy (non-hydrogen) atoms. The van der Waals surface area contributed by atoms with Gasteiger partial charge in [-0.3, -0.25) is 4.79 Å². The van der Waals surface area contributed by atoms with E-state index in [1.54, 1.807) is 0 Å². The molecule has 0 spiro atoms. The van der Waals surface area contributed by atoms with Crippen LogP contribution in [0.4, 0.5) is 17.6 Å². The van der Waals surface area contributed by atoms with Gasteiger partial charge in [0, 0.05) is 6.04 Å². The van der Waals surface area contributed by atoms with E-state index in [0.717, 1.165) is 24.3 Å². The molecule has 0 saturated heterocycles. The Hall–Kier alpha value is -2.45. The van der Waals surface area contributed by atoms with Crippen LogP contribution in [0.25, 0.3) is 0 Å². The summed E-state index contributed by atoms with van der Waals surface area (Å²) in [7, 11) is 0. The number of hydrogen-bond acceptors (Lipinski definition) is 3. The molecule has 3 atom stereocenters. The van der Waals surface area contributed by atoms with Gasteiger partial charge in [0.15, 0.2) is 0 Å². The predicted molar refractivity (Wildman–Crippen MR) is 90.5 cm³/mol. The van der Waals surface area contributed by atoms with Crippen LogP contribution in [0, 0.1) is 5.82 Å². The number of hydrogen-bond donors (Lipinski definition) is 3. The fourth-order valence-electron chi connectivity index (χ4n) is 2.73. The van der Waals surface area contributed by atoms with Gasteiger partial charge in [0.25, 0.3) is 0 Å². The van der Waals surface area contributed by atoms with Crippen molar-refractivity contribution in [3.8, 4) is 0 Å². The van der Waals surface area contributed by atoms with Crippen molar-refractivity contribution in [2.45, 2.75) is 37.1 Å². The molecule has 0 bridgehead atoms. The van der Waals surface area contributed by atoms with Crippen molar-refractivity contribution in [3.63, 3.8) is 0 Å². The number of carboxylic acid groups (broad SMARTS) is 1. The topological polar surface area (TPSA) is 83.5 Å². The second-order valence-electron chi connectivity index (χ2n) is 6.31. The minimum atomic E-state index is -4.44. The average Bonchev–Trinajstić information content (AvgIpc) is 2.59. The van der Waals surface area contributed by atoms with E-state index < -0.39 is 41.6 Å². The molecular weight excluding hydrogens is 366 g/mol. The number of aliphatic hydroxyl groups excluding tert-OH is 1. The Morgan fingerprint density at radius 3 is 2.07 bits per heavy atom. The van der Waals surface area contributed by atoms with E-state index in [2.05, 4.69) is 0 Å². The van der Waals surface area contributed by atoms with E-state index in [9.17, 15) is 32.6 Å². The number of halogens is 4. The maximum absolute atomic E-state index is 13.0. The zero-order valence-corrected chi connectivity index (χ0v) is 14.2. The largest absolute Gasteiger partial charge is 0.481 e. The van der Waals surface area contributed by atoms with Gasteiger partial charge in [-0.1, -0.05) is 24.3 Å². The summed E-state index contributed by atoms with van der Waals surface area (Å²) in [5, 5.41) is 19.6. The number of carbonyl (C=O) groups is 1. The van der Waals surface area contributed by atoms with Crippen LogP contribution in [-0.4, -0.2) is 28.3 Å². The smallest absolute Gasteiger partial charge is 0.416 e. The number of alkyl halides is 3. The highest BCUT2D eigenvalue weighted by Crippen LogP contribution is 2.29. The van der Waals surface area contributed by atoms with Crippen LogP contribution in [0.5, 0.6) is 0 Å². The molecule has 2 rings (SSSR count). The molecule has 0 aliphatic carbocycles. The highest BCUT2D eigenvalue weighted by atomic mass is 19.4. The van der Waals surface area contributed by atoms with Crippen molar-refractivity contribution in [1.29, 1.82) is 0 Å². The normalized spacial score (nSPS) is 15.2. The number of carboxylic acids is 1. The number of nitrogens with two attached hydrogens (primary N) is 1. The van der Waals surface area contributed by atoms with Crippen molar-refractivity contribution < 1.29 is 32.6 Å². The van der Waals surface area contributed by atoms with Crippen LogP contribution >= 0.6 is 0 Å². The van der Waals surface area contributed by atoms with E-state index >= 15 is 0 Å². The number of aliphatic hydroxyl groups is 1. The lowest BCUT2D eigenvalue weighted by atomic mass is 9.89. The summed E-state index contributed by atoms with van der Waals surface area (Å²) < 4.78 is 50.7. The lowest BCUT2D eigenvalue weighted by Gasteiger charge is -2.22. The summed E-state index contributed by atoms with van der Waals surface area (Å²) in [6.07, 6.45) is -5.78. The second kappa shape index (κ2) is 8.49. The highest BCUT2D eigenvalue weighted by molar-refractivity contribution is 5.76. The molecule has 0 aliphatic heterocycles. The fourth-order valence-corrected chi connectivity index (χ4v) is 2.73. The molecule has 0 fully saturated rings. The average molecular weight is 385 g/mol. The van der Waals surface area contributed by atoms with Gasteiger partial charge in [0.05, 0.1) is 17.6 Å². The molecule has 146 valence electrons. The molecule has 0 aromatic heterocycles. The lowest BCUT2D eigenvalue weighted by Crippen LogP contribution is -2.38. The monoisotopic (exact) mass is 385 g/mol. The van der Waals surface area contributed by atoms with E-state index in [-0.39, 0.29) is 12.8 Å². The Morgan fingerprint density at radius 1 is 1.04 bits per heavy atom. The molecule has 2 aromatic rings. The Kier molecular flexibility index (Phi) is 6.56. The van der Waals surface area contributed by atoms with Gasteiger partial charge in [0.2, 0.25) is 0 Å². The molecule has 2 aromatic carbocycles. The molecule has 0 radical (unpaired) electrons. The lowest BCUT2D eigenvalue weighted by molar-refractivity contribution is -0.140. The quantitative estimate of drug-likeness (QED) is 0.639. The first-order valence-corrected chi connectivity index (χ1v) is 8.16.